The van der Waals surface area contributed by atoms with E-state index in [1.807, 2.05) is 0 Å². The Labute approximate surface area is 141 Å². The minimum Gasteiger partial charge on any atom is -0.549 e. The molecule has 0 spiro atoms. The minimum atomic E-state index is -2.30. The summed E-state index contributed by atoms with van der Waals surface area (Å²) in [6, 6.07) is 0. The molecular formula is C18H23O6-3. The van der Waals surface area contributed by atoms with E-state index < -0.39 is 46.1 Å². The van der Waals surface area contributed by atoms with Gasteiger partial charge in [0.1, 0.15) is 0 Å². The molecule has 0 saturated heterocycles. The summed E-state index contributed by atoms with van der Waals surface area (Å²) in [5, 5.41) is 36.3. The van der Waals surface area contributed by atoms with Gasteiger partial charge in [0, 0.05) is 5.41 Å². The van der Waals surface area contributed by atoms with E-state index in [1.54, 1.807) is 13.8 Å². The standard InChI is InChI=1S/C18H26O6/c1-9(2)12-7-8-17(10(3)4,15(21)22)18(11(5)6,16(23)24)13(12)14(19)20/h7-11H,1-6H3,(H,19,20)(H,21,22)(H,23,24)/p-3. The highest BCUT2D eigenvalue weighted by Crippen LogP contribution is 2.58. The van der Waals surface area contributed by atoms with Gasteiger partial charge in [-0.1, -0.05) is 53.7 Å². The molecule has 0 radical (unpaired) electrons. The summed E-state index contributed by atoms with van der Waals surface area (Å²) >= 11 is 0. The fourth-order valence-electron chi connectivity index (χ4n) is 4.02. The normalized spacial score (nSPS) is 27.2. The number of hydrogen-bond donors (Lipinski definition) is 0. The first-order valence-electron chi connectivity index (χ1n) is 7.97. The highest BCUT2D eigenvalue weighted by molar-refractivity contribution is 6.02. The van der Waals surface area contributed by atoms with Crippen molar-refractivity contribution in [2.45, 2.75) is 41.5 Å². The zero-order valence-electron chi connectivity index (χ0n) is 14.8. The van der Waals surface area contributed by atoms with Crippen molar-refractivity contribution in [3.05, 3.63) is 23.3 Å². The van der Waals surface area contributed by atoms with Crippen LogP contribution in [0.2, 0.25) is 0 Å². The van der Waals surface area contributed by atoms with Gasteiger partial charge in [-0.2, -0.15) is 0 Å². The number of rotatable bonds is 6. The number of aliphatic carboxylic acids is 3. The SMILES string of the molecule is CC(C)C1=C(C(=O)[O-])C(C(=O)[O-])(C(C)C)C(C(=O)[O-])(C(C)C)C=C1. The van der Waals surface area contributed by atoms with Crippen LogP contribution in [0.4, 0.5) is 0 Å². The van der Waals surface area contributed by atoms with Crippen molar-refractivity contribution in [3.8, 4) is 0 Å². The topological polar surface area (TPSA) is 120 Å². The number of carboxylic acid groups (broad SMARTS) is 3. The summed E-state index contributed by atoms with van der Waals surface area (Å²) in [4.78, 5) is 36.3. The van der Waals surface area contributed by atoms with Gasteiger partial charge < -0.3 is 29.7 Å². The number of allylic oxidation sites excluding steroid dienone is 2. The highest BCUT2D eigenvalue weighted by Gasteiger charge is 2.60. The van der Waals surface area contributed by atoms with Crippen LogP contribution in [0.3, 0.4) is 0 Å². The second-order valence-corrected chi connectivity index (χ2v) is 7.17. The van der Waals surface area contributed by atoms with Gasteiger partial charge in [-0.25, -0.2) is 0 Å². The first kappa shape index (κ1) is 19.9. The van der Waals surface area contributed by atoms with Crippen LogP contribution in [0.15, 0.2) is 23.3 Å². The molecule has 1 aliphatic carbocycles. The zero-order valence-corrected chi connectivity index (χ0v) is 14.8. The second kappa shape index (κ2) is 6.42. The van der Waals surface area contributed by atoms with Gasteiger partial charge in [-0.3, -0.25) is 0 Å². The van der Waals surface area contributed by atoms with E-state index in [2.05, 4.69) is 0 Å². The Kier molecular flexibility index (Phi) is 5.33. The maximum Gasteiger partial charge on any atom is 0.0687 e. The molecule has 0 saturated carbocycles. The van der Waals surface area contributed by atoms with Crippen LogP contribution in [0, 0.1) is 28.6 Å². The fourth-order valence-corrected chi connectivity index (χ4v) is 4.02. The van der Waals surface area contributed by atoms with E-state index in [0.717, 1.165) is 0 Å². The maximum atomic E-state index is 12.3. The van der Waals surface area contributed by atoms with Crippen molar-refractivity contribution in [2.75, 3.05) is 0 Å². The third-order valence-corrected chi connectivity index (χ3v) is 5.12. The van der Waals surface area contributed by atoms with Crippen LogP contribution in [-0.2, 0) is 14.4 Å². The predicted molar refractivity (Wildman–Crippen MR) is 80.6 cm³/mol. The Morgan fingerprint density at radius 1 is 0.875 bits per heavy atom. The summed E-state index contributed by atoms with van der Waals surface area (Å²) in [6.45, 7) is 9.38. The molecule has 0 N–H and O–H groups in total. The summed E-state index contributed by atoms with van der Waals surface area (Å²) in [5.74, 6) is -7.06. The molecule has 0 amide bonds. The van der Waals surface area contributed by atoms with Crippen molar-refractivity contribution in [3.63, 3.8) is 0 Å². The molecule has 6 nitrogen and oxygen atoms in total. The summed E-state index contributed by atoms with van der Waals surface area (Å²) in [6.07, 6.45) is 2.62. The third kappa shape index (κ3) is 2.36. The molecule has 0 aromatic heterocycles. The Bertz CT molecular complexity index is 625. The molecule has 0 aliphatic heterocycles. The lowest BCUT2D eigenvalue weighted by atomic mass is 9.48. The second-order valence-electron chi connectivity index (χ2n) is 7.17. The van der Waals surface area contributed by atoms with Gasteiger partial charge in [-0.15, -0.1) is 0 Å². The summed E-state index contributed by atoms with van der Waals surface area (Å²) in [5.41, 5.74) is -4.67. The van der Waals surface area contributed by atoms with Gasteiger partial charge in [-0.05, 0) is 28.9 Å². The molecule has 2 unspecified atom stereocenters. The minimum absolute atomic E-state index is 0.227. The van der Waals surface area contributed by atoms with Gasteiger partial charge in [0.15, 0.2) is 0 Å². The first-order chi connectivity index (χ1) is 10.9. The van der Waals surface area contributed by atoms with Crippen LogP contribution in [0.5, 0.6) is 0 Å². The molecule has 2 atom stereocenters. The van der Waals surface area contributed by atoms with Crippen molar-refractivity contribution in [1.29, 1.82) is 0 Å². The summed E-state index contributed by atoms with van der Waals surface area (Å²) in [7, 11) is 0. The number of carbonyl (C=O) groups excluding carboxylic acids is 3. The van der Waals surface area contributed by atoms with Gasteiger partial charge in [0.2, 0.25) is 0 Å². The Morgan fingerprint density at radius 2 is 1.38 bits per heavy atom. The first-order valence-corrected chi connectivity index (χ1v) is 7.97. The Hall–Kier alpha value is -2.11. The Balaban J connectivity index is 4.15. The lowest BCUT2D eigenvalue weighted by Gasteiger charge is -2.58. The van der Waals surface area contributed by atoms with E-state index in [4.69, 9.17) is 0 Å². The molecule has 0 aromatic carbocycles. The summed E-state index contributed by atoms with van der Waals surface area (Å²) < 4.78 is 0. The highest BCUT2D eigenvalue weighted by atomic mass is 16.4. The molecule has 1 rings (SSSR count). The smallest absolute Gasteiger partial charge is 0.0687 e. The number of carbonyl (C=O) groups is 3. The monoisotopic (exact) mass is 335 g/mol. The molecule has 24 heavy (non-hydrogen) atoms. The lowest BCUT2D eigenvalue weighted by Crippen LogP contribution is -2.67. The van der Waals surface area contributed by atoms with E-state index in [9.17, 15) is 29.7 Å². The number of hydrogen-bond acceptors (Lipinski definition) is 6. The zero-order chi connectivity index (χ0) is 19.0. The van der Waals surface area contributed by atoms with Crippen LogP contribution < -0.4 is 15.3 Å². The molecule has 134 valence electrons. The average Bonchev–Trinajstić information content (AvgIpc) is 2.43. The van der Waals surface area contributed by atoms with Crippen LogP contribution in [0.1, 0.15) is 41.5 Å². The van der Waals surface area contributed by atoms with E-state index in [-0.39, 0.29) is 11.5 Å². The van der Waals surface area contributed by atoms with Crippen LogP contribution in [0.25, 0.3) is 0 Å². The van der Waals surface area contributed by atoms with Crippen molar-refractivity contribution >= 4 is 17.9 Å². The fraction of sp³-hybridized carbons (Fsp3) is 0.611. The number of carboxylic acids is 3. The van der Waals surface area contributed by atoms with Gasteiger partial charge in [0.25, 0.3) is 0 Å². The molecule has 1 aliphatic rings. The predicted octanol–water partition coefficient (Wildman–Crippen LogP) is -0.957. The average molecular weight is 335 g/mol. The Morgan fingerprint density at radius 3 is 1.62 bits per heavy atom. The molecule has 0 aromatic rings. The van der Waals surface area contributed by atoms with Gasteiger partial charge >= 0.3 is 0 Å². The molecule has 0 heterocycles. The van der Waals surface area contributed by atoms with Gasteiger partial charge in [0.05, 0.1) is 23.3 Å². The van der Waals surface area contributed by atoms with E-state index in [0.29, 0.717) is 0 Å². The largest absolute Gasteiger partial charge is 0.549 e. The van der Waals surface area contributed by atoms with E-state index in [1.165, 1.54) is 39.8 Å². The van der Waals surface area contributed by atoms with Crippen LogP contribution in [-0.4, -0.2) is 17.9 Å². The molecule has 6 heteroatoms. The van der Waals surface area contributed by atoms with E-state index >= 15 is 0 Å². The maximum absolute atomic E-state index is 12.3. The van der Waals surface area contributed by atoms with Crippen molar-refractivity contribution < 1.29 is 29.7 Å². The van der Waals surface area contributed by atoms with Crippen LogP contribution >= 0.6 is 0 Å². The lowest BCUT2D eigenvalue weighted by molar-refractivity contribution is -0.347. The molecular weight excluding hydrogens is 312 g/mol. The molecule has 0 fully saturated rings. The van der Waals surface area contributed by atoms with Crippen molar-refractivity contribution in [1.82, 2.24) is 0 Å². The third-order valence-electron chi connectivity index (χ3n) is 5.12. The quantitative estimate of drug-likeness (QED) is 0.616. The molecule has 0 bridgehead atoms. The van der Waals surface area contributed by atoms with Crippen molar-refractivity contribution in [2.24, 2.45) is 28.6 Å².